The van der Waals surface area contributed by atoms with Gasteiger partial charge in [-0.25, -0.2) is 0 Å². The number of aryl methyl sites for hydroxylation is 3. The number of hydrogen-bond donors (Lipinski definition) is 2. The van der Waals surface area contributed by atoms with Crippen LogP contribution in [0.4, 0.5) is 5.69 Å². The van der Waals surface area contributed by atoms with Gasteiger partial charge in [-0.15, -0.1) is 0 Å². The quantitative estimate of drug-likeness (QED) is 0.215. The average Bonchev–Trinajstić information content (AvgIpc) is 3.38. The Morgan fingerprint density at radius 2 is 1.73 bits per heavy atom. The molecular formula is C31H41N2O4+. The van der Waals surface area contributed by atoms with Gasteiger partial charge in [0.2, 0.25) is 12.5 Å². The number of aromatic nitrogens is 1. The molecule has 0 radical (unpaired) electrons. The number of hydrogen-bond acceptors (Lipinski definition) is 5. The van der Waals surface area contributed by atoms with Gasteiger partial charge < -0.3 is 24.6 Å². The van der Waals surface area contributed by atoms with Crippen LogP contribution in [0.1, 0.15) is 69.4 Å². The first-order chi connectivity index (χ1) is 18.2. The van der Waals surface area contributed by atoms with E-state index in [9.17, 15) is 5.11 Å². The van der Waals surface area contributed by atoms with E-state index >= 15 is 0 Å². The molecule has 198 valence electrons. The molecule has 2 aromatic carbocycles. The van der Waals surface area contributed by atoms with Gasteiger partial charge in [-0.3, -0.25) is 0 Å². The number of aliphatic hydroxyl groups excluding tert-OH is 1. The van der Waals surface area contributed by atoms with Crippen molar-refractivity contribution in [1.82, 2.24) is 0 Å². The van der Waals surface area contributed by atoms with Gasteiger partial charge in [-0.05, 0) is 48.1 Å². The van der Waals surface area contributed by atoms with Gasteiger partial charge in [0.1, 0.15) is 5.75 Å². The molecule has 3 heterocycles. The molecule has 3 aromatic rings. The van der Waals surface area contributed by atoms with Crippen molar-refractivity contribution in [2.75, 3.05) is 32.4 Å². The Hall–Kier alpha value is -2.99. The van der Waals surface area contributed by atoms with E-state index in [0.29, 0.717) is 13.3 Å². The summed E-state index contributed by atoms with van der Waals surface area (Å²) in [5, 5.41) is 15.3. The fourth-order valence-corrected chi connectivity index (χ4v) is 5.89. The van der Waals surface area contributed by atoms with Crippen LogP contribution in [0.5, 0.6) is 17.2 Å². The second kappa shape index (κ2) is 12.0. The van der Waals surface area contributed by atoms with Gasteiger partial charge in [0.15, 0.2) is 24.2 Å². The fraction of sp³-hybridized carbons (Fsp3) is 0.516. The lowest BCUT2D eigenvalue weighted by molar-refractivity contribution is -0.686. The van der Waals surface area contributed by atoms with Crippen LogP contribution in [0.15, 0.2) is 30.5 Å². The Balaban J connectivity index is 1.53. The predicted octanol–water partition coefficient (Wildman–Crippen LogP) is 6.18. The summed E-state index contributed by atoms with van der Waals surface area (Å²) in [6, 6.07) is 8.62. The van der Waals surface area contributed by atoms with Crippen LogP contribution in [0.2, 0.25) is 0 Å². The molecule has 2 N–H and O–H groups in total. The Morgan fingerprint density at radius 1 is 0.973 bits per heavy atom. The van der Waals surface area contributed by atoms with Crippen LogP contribution < -0.4 is 24.1 Å². The number of aliphatic hydroxyl groups is 1. The molecule has 6 heteroatoms. The smallest absolute Gasteiger partial charge is 0.231 e. The molecule has 2 aliphatic rings. The van der Waals surface area contributed by atoms with Crippen LogP contribution in [-0.4, -0.2) is 32.2 Å². The van der Waals surface area contributed by atoms with Crippen LogP contribution >= 0.6 is 0 Å². The molecule has 0 aliphatic carbocycles. The standard InChI is InChI=1S/C31H40N2O4/c1-3-4-5-6-7-8-9-10-11-24-23-12-13-27(35-2)30(32-15-17-34)26(23)20-33-16-14-22-18-28-29(37-21-36-28)19-25(22)31(24)33/h12-13,18-20,34H,3-11,14-17,21H2,1-2H3/p+1. The molecule has 5 rings (SSSR count). The lowest BCUT2D eigenvalue weighted by atomic mass is 9.89. The molecule has 0 fully saturated rings. The van der Waals surface area contributed by atoms with Gasteiger partial charge in [0.05, 0.1) is 30.4 Å². The highest BCUT2D eigenvalue weighted by Gasteiger charge is 2.32. The van der Waals surface area contributed by atoms with E-state index in [1.807, 2.05) is 0 Å². The highest BCUT2D eigenvalue weighted by molar-refractivity contribution is 6.00. The molecular weight excluding hydrogens is 464 g/mol. The molecule has 2 aliphatic heterocycles. The van der Waals surface area contributed by atoms with Gasteiger partial charge in [0, 0.05) is 18.5 Å². The summed E-state index contributed by atoms with van der Waals surface area (Å²) in [5.74, 6) is 2.50. The first-order valence-corrected chi connectivity index (χ1v) is 14.1. The SMILES string of the molecule is CCCCCCCCCCc1c2[n+](cc3c(NCCO)c(OC)ccc13)CCc1cc3c(cc1-2)OCO3. The minimum atomic E-state index is 0.0727. The maximum atomic E-state index is 9.50. The van der Waals surface area contributed by atoms with Crippen molar-refractivity contribution in [1.29, 1.82) is 0 Å². The molecule has 0 saturated heterocycles. The number of anilines is 1. The van der Waals surface area contributed by atoms with Crippen LogP contribution in [0.3, 0.4) is 0 Å². The Morgan fingerprint density at radius 3 is 2.49 bits per heavy atom. The minimum absolute atomic E-state index is 0.0727. The number of nitrogens with one attached hydrogen (secondary N) is 1. The van der Waals surface area contributed by atoms with E-state index in [-0.39, 0.29) is 6.61 Å². The molecule has 0 unspecified atom stereocenters. The predicted molar refractivity (Wildman–Crippen MR) is 148 cm³/mol. The molecule has 1 aromatic heterocycles. The minimum Gasteiger partial charge on any atom is -0.495 e. The van der Waals surface area contributed by atoms with E-state index in [2.05, 4.69) is 47.3 Å². The third-order valence-corrected chi connectivity index (χ3v) is 7.78. The first-order valence-electron chi connectivity index (χ1n) is 14.1. The second-order valence-corrected chi connectivity index (χ2v) is 10.2. The van der Waals surface area contributed by atoms with E-state index in [1.54, 1.807) is 7.11 Å². The molecule has 0 spiro atoms. The topological polar surface area (TPSA) is 63.8 Å². The lowest BCUT2D eigenvalue weighted by Gasteiger charge is -2.21. The molecule has 0 bridgehead atoms. The van der Waals surface area contributed by atoms with Crippen molar-refractivity contribution in [3.63, 3.8) is 0 Å². The van der Waals surface area contributed by atoms with Gasteiger partial charge in [-0.1, -0.05) is 51.9 Å². The van der Waals surface area contributed by atoms with Crippen molar-refractivity contribution >= 4 is 16.5 Å². The van der Waals surface area contributed by atoms with Crippen LogP contribution in [-0.2, 0) is 19.4 Å². The van der Waals surface area contributed by atoms with Crippen molar-refractivity contribution < 1.29 is 23.9 Å². The number of rotatable bonds is 13. The van der Waals surface area contributed by atoms with Crippen LogP contribution in [0, 0.1) is 0 Å². The van der Waals surface area contributed by atoms with Crippen molar-refractivity contribution in [2.24, 2.45) is 0 Å². The zero-order chi connectivity index (χ0) is 25.6. The zero-order valence-corrected chi connectivity index (χ0v) is 22.4. The maximum absolute atomic E-state index is 9.50. The number of methoxy groups -OCH3 is 1. The lowest BCUT2D eigenvalue weighted by Crippen LogP contribution is -2.41. The summed E-state index contributed by atoms with van der Waals surface area (Å²) in [6.07, 6.45) is 14.7. The second-order valence-electron chi connectivity index (χ2n) is 10.2. The summed E-state index contributed by atoms with van der Waals surface area (Å²) >= 11 is 0. The molecule has 0 amide bonds. The normalized spacial score (nSPS) is 13.5. The van der Waals surface area contributed by atoms with Crippen LogP contribution in [0.25, 0.3) is 22.0 Å². The van der Waals surface area contributed by atoms with Gasteiger partial charge in [0.25, 0.3) is 0 Å². The fourth-order valence-electron chi connectivity index (χ4n) is 5.89. The molecule has 0 saturated carbocycles. The van der Waals surface area contributed by atoms with Crippen molar-refractivity contribution in [3.8, 4) is 28.5 Å². The molecule has 37 heavy (non-hydrogen) atoms. The third kappa shape index (κ3) is 5.35. The van der Waals surface area contributed by atoms with E-state index in [0.717, 1.165) is 47.7 Å². The summed E-state index contributed by atoms with van der Waals surface area (Å²) in [7, 11) is 1.71. The van der Waals surface area contributed by atoms with E-state index in [1.165, 1.54) is 79.1 Å². The third-order valence-electron chi connectivity index (χ3n) is 7.78. The van der Waals surface area contributed by atoms with Gasteiger partial charge in [-0.2, -0.15) is 4.57 Å². The Labute approximate surface area is 220 Å². The highest BCUT2D eigenvalue weighted by Crippen LogP contribution is 2.43. The maximum Gasteiger partial charge on any atom is 0.231 e. The Kier molecular flexibility index (Phi) is 8.34. The first kappa shape index (κ1) is 25.7. The summed E-state index contributed by atoms with van der Waals surface area (Å²) in [5.41, 5.74) is 6.23. The molecule has 6 nitrogen and oxygen atoms in total. The average molecular weight is 506 g/mol. The number of pyridine rings is 1. The Bertz CT molecular complexity index is 1240. The van der Waals surface area contributed by atoms with Gasteiger partial charge >= 0.3 is 0 Å². The van der Waals surface area contributed by atoms with Crippen molar-refractivity contribution in [2.45, 2.75) is 77.7 Å². The monoisotopic (exact) mass is 505 g/mol. The van der Waals surface area contributed by atoms with Crippen molar-refractivity contribution in [3.05, 3.63) is 41.6 Å². The largest absolute Gasteiger partial charge is 0.495 e. The number of benzene rings is 2. The number of fused-ring (bicyclic) bond motifs is 5. The number of nitrogens with zero attached hydrogens (tertiary/aromatic N) is 1. The van der Waals surface area contributed by atoms with E-state index < -0.39 is 0 Å². The molecule has 0 atom stereocenters. The number of ether oxygens (including phenoxy) is 3. The summed E-state index contributed by atoms with van der Waals surface area (Å²) in [6.45, 7) is 4.04. The highest BCUT2D eigenvalue weighted by atomic mass is 16.7. The zero-order valence-electron chi connectivity index (χ0n) is 22.4. The number of unbranched alkanes of at least 4 members (excludes halogenated alkanes) is 7. The summed E-state index contributed by atoms with van der Waals surface area (Å²) in [4.78, 5) is 0. The van der Waals surface area contributed by atoms with E-state index in [4.69, 9.17) is 14.2 Å². The summed E-state index contributed by atoms with van der Waals surface area (Å²) < 4.78 is 19.6.